The zero-order valence-electron chi connectivity index (χ0n) is 10.7. The minimum Gasteiger partial charge on any atom is -0.497 e. The number of halogens is 2. The van der Waals surface area contributed by atoms with Crippen LogP contribution in [0.4, 0.5) is 0 Å². The Labute approximate surface area is 122 Å². The van der Waals surface area contributed by atoms with E-state index in [9.17, 15) is 5.11 Å². The summed E-state index contributed by atoms with van der Waals surface area (Å²) in [6, 6.07) is 10.7. The molecule has 0 saturated carbocycles. The summed E-state index contributed by atoms with van der Waals surface area (Å²) in [6.45, 7) is 1.95. The summed E-state index contributed by atoms with van der Waals surface area (Å²) in [5.74, 6) is 0.649. The fourth-order valence-corrected chi connectivity index (χ4v) is 2.49. The molecule has 0 spiro atoms. The summed E-state index contributed by atoms with van der Waals surface area (Å²) in [6.07, 6.45) is -0.855. The highest BCUT2D eigenvalue weighted by molar-refractivity contribution is 6.32. The first kappa shape index (κ1) is 14.2. The van der Waals surface area contributed by atoms with Crippen molar-refractivity contribution < 1.29 is 9.84 Å². The third-order valence-corrected chi connectivity index (χ3v) is 3.61. The number of hydrogen-bond acceptors (Lipinski definition) is 2. The van der Waals surface area contributed by atoms with E-state index in [0.29, 0.717) is 26.9 Å². The number of hydrogen-bond donors (Lipinski definition) is 1. The predicted molar refractivity (Wildman–Crippen MR) is 78.3 cm³/mol. The monoisotopic (exact) mass is 296 g/mol. The van der Waals surface area contributed by atoms with E-state index in [-0.39, 0.29) is 0 Å². The molecule has 0 radical (unpaired) electrons. The number of aliphatic hydroxyl groups is 1. The highest BCUT2D eigenvalue weighted by Gasteiger charge is 2.17. The van der Waals surface area contributed by atoms with Crippen LogP contribution in [0.2, 0.25) is 10.0 Å². The molecule has 1 atom stereocenters. The minimum atomic E-state index is -0.855. The van der Waals surface area contributed by atoms with E-state index >= 15 is 0 Å². The van der Waals surface area contributed by atoms with Crippen molar-refractivity contribution in [2.45, 2.75) is 13.0 Å². The number of methoxy groups -OCH3 is 1. The van der Waals surface area contributed by atoms with Gasteiger partial charge in [0.05, 0.1) is 12.1 Å². The molecule has 0 heterocycles. The molecule has 1 unspecified atom stereocenters. The van der Waals surface area contributed by atoms with Crippen LogP contribution in [0.1, 0.15) is 22.8 Å². The molecule has 0 aliphatic rings. The van der Waals surface area contributed by atoms with E-state index in [1.54, 1.807) is 25.3 Å². The second kappa shape index (κ2) is 5.83. The van der Waals surface area contributed by atoms with Gasteiger partial charge in [0.15, 0.2) is 0 Å². The Bertz CT molecular complexity index is 597. The first-order chi connectivity index (χ1) is 9.02. The number of rotatable bonds is 3. The van der Waals surface area contributed by atoms with Crippen molar-refractivity contribution in [2.24, 2.45) is 0 Å². The van der Waals surface area contributed by atoms with E-state index in [0.717, 1.165) is 5.56 Å². The lowest BCUT2D eigenvalue weighted by molar-refractivity contribution is 0.220. The normalized spacial score (nSPS) is 12.3. The maximum Gasteiger partial charge on any atom is 0.120 e. The van der Waals surface area contributed by atoms with E-state index < -0.39 is 6.10 Å². The van der Waals surface area contributed by atoms with Gasteiger partial charge in [-0.05, 0) is 30.7 Å². The van der Waals surface area contributed by atoms with Crippen LogP contribution in [0.3, 0.4) is 0 Å². The zero-order valence-corrected chi connectivity index (χ0v) is 12.2. The summed E-state index contributed by atoms with van der Waals surface area (Å²) >= 11 is 12.3. The van der Waals surface area contributed by atoms with Crippen molar-refractivity contribution in [2.75, 3.05) is 7.11 Å². The van der Waals surface area contributed by atoms with Gasteiger partial charge in [-0.15, -0.1) is 0 Å². The van der Waals surface area contributed by atoms with Gasteiger partial charge in [-0.1, -0.05) is 41.4 Å². The molecule has 0 bridgehead atoms. The lowest BCUT2D eigenvalue weighted by atomic mass is 10.0. The molecule has 19 heavy (non-hydrogen) atoms. The smallest absolute Gasteiger partial charge is 0.120 e. The maximum atomic E-state index is 10.4. The number of aryl methyl sites for hydroxylation is 1. The van der Waals surface area contributed by atoms with Crippen LogP contribution < -0.4 is 4.74 Å². The van der Waals surface area contributed by atoms with Crippen molar-refractivity contribution in [1.82, 2.24) is 0 Å². The fourth-order valence-electron chi connectivity index (χ4n) is 1.88. The van der Waals surface area contributed by atoms with Gasteiger partial charge in [-0.25, -0.2) is 0 Å². The molecule has 0 saturated heterocycles. The molecule has 2 rings (SSSR count). The molecule has 0 aliphatic carbocycles. The number of aliphatic hydroxyl groups excluding tert-OH is 1. The van der Waals surface area contributed by atoms with Crippen molar-refractivity contribution >= 4 is 23.2 Å². The van der Waals surface area contributed by atoms with E-state index in [1.165, 1.54) is 0 Å². The fraction of sp³-hybridized carbons (Fsp3) is 0.200. The SMILES string of the molecule is COc1ccc(C(O)c2ccc(C)cc2Cl)c(Cl)c1. The summed E-state index contributed by atoms with van der Waals surface area (Å²) in [7, 11) is 1.57. The standard InChI is InChI=1S/C15H14Cl2O2/c1-9-3-5-11(13(16)7-9)15(18)12-6-4-10(19-2)8-14(12)17/h3-8,15,18H,1-2H3. The molecular formula is C15H14Cl2O2. The van der Waals surface area contributed by atoms with Crippen LogP contribution in [0.5, 0.6) is 5.75 Å². The second-order valence-electron chi connectivity index (χ2n) is 4.31. The average molecular weight is 297 g/mol. The summed E-state index contributed by atoms with van der Waals surface area (Å²) in [5, 5.41) is 11.4. The number of ether oxygens (including phenoxy) is 1. The second-order valence-corrected chi connectivity index (χ2v) is 5.13. The highest BCUT2D eigenvalue weighted by Crippen LogP contribution is 2.34. The van der Waals surface area contributed by atoms with Crippen molar-refractivity contribution in [3.8, 4) is 5.75 Å². The Morgan fingerprint density at radius 3 is 2.11 bits per heavy atom. The van der Waals surface area contributed by atoms with Crippen LogP contribution >= 0.6 is 23.2 Å². The maximum absolute atomic E-state index is 10.4. The predicted octanol–water partition coefficient (Wildman–Crippen LogP) is 4.39. The van der Waals surface area contributed by atoms with Crippen LogP contribution in [-0.2, 0) is 0 Å². The summed E-state index contributed by atoms with van der Waals surface area (Å²) in [4.78, 5) is 0. The first-order valence-corrected chi connectivity index (χ1v) is 6.56. The van der Waals surface area contributed by atoms with E-state index in [1.807, 2.05) is 25.1 Å². The van der Waals surface area contributed by atoms with Gasteiger partial charge in [0.1, 0.15) is 11.9 Å². The van der Waals surface area contributed by atoms with Gasteiger partial charge in [0, 0.05) is 16.1 Å². The quantitative estimate of drug-likeness (QED) is 0.910. The van der Waals surface area contributed by atoms with Crippen LogP contribution in [0.15, 0.2) is 36.4 Å². The Hall–Kier alpha value is -1.22. The van der Waals surface area contributed by atoms with E-state index in [4.69, 9.17) is 27.9 Å². The van der Waals surface area contributed by atoms with Gasteiger partial charge < -0.3 is 9.84 Å². The van der Waals surface area contributed by atoms with E-state index in [2.05, 4.69) is 0 Å². The lowest BCUT2D eigenvalue weighted by Gasteiger charge is -2.15. The van der Waals surface area contributed by atoms with Crippen LogP contribution in [-0.4, -0.2) is 12.2 Å². The van der Waals surface area contributed by atoms with Gasteiger partial charge in [0.2, 0.25) is 0 Å². The Balaban J connectivity index is 2.41. The molecule has 100 valence electrons. The molecule has 2 nitrogen and oxygen atoms in total. The van der Waals surface area contributed by atoms with Gasteiger partial charge in [-0.2, -0.15) is 0 Å². The highest BCUT2D eigenvalue weighted by atomic mass is 35.5. The molecule has 1 N–H and O–H groups in total. The van der Waals surface area contributed by atoms with Gasteiger partial charge >= 0.3 is 0 Å². The number of benzene rings is 2. The van der Waals surface area contributed by atoms with Crippen molar-refractivity contribution in [1.29, 1.82) is 0 Å². The van der Waals surface area contributed by atoms with Crippen LogP contribution in [0.25, 0.3) is 0 Å². The molecule has 0 aromatic heterocycles. The topological polar surface area (TPSA) is 29.5 Å². The van der Waals surface area contributed by atoms with Crippen molar-refractivity contribution in [3.05, 3.63) is 63.1 Å². The summed E-state index contributed by atoms with van der Waals surface area (Å²) in [5.41, 5.74) is 2.29. The molecule has 2 aromatic rings. The largest absolute Gasteiger partial charge is 0.497 e. The molecule has 0 fully saturated rings. The first-order valence-electron chi connectivity index (χ1n) is 5.80. The Kier molecular flexibility index (Phi) is 4.35. The average Bonchev–Trinajstić information content (AvgIpc) is 2.37. The Morgan fingerprint density at radius 2 is 1.58 bits per heavy atom. The third kappa shape index (κ3) is 3.03. The Morgan fingerprint density at radius 1 is 1.00 bits per heavy atom. The lowest BCUT2D eigenvalue weighted by Crippen LogP contribution is -2.02. The molecular weight excluding hydrogens is 283 g/mol. The third-order valence-electron chi connectivity index (χ3n) is 2.95. The summed E-state index contributed by atoms with van der Waals surface area (Å²) < 4.78 is 5.08. The van der Waals surface area contributed by atoms with Crippen LogP contribution in [0, 0.1) is 6.92 Å². The molecule has 4 heteroatoms. The minimum absolute atomic E-state index is 0.448. The molecule has 0 amide bonds. The molecule has 0 aliphatic heterocycles. The zero-order chi connectivity index (χ0) is 14.0. The van der Waals surface area contributed by atoms with Gasteiger partial charge in [-0.3, -0.25) is 0 Å². The molecule has 2 aromatic carbocycles. The van der Waals surface area contributed by atoms with Gasteiger partial charge in [0.25, 0.3) is 0 Å². The van der Waals surface area contributed by atoms with Crippen molar-refractivity contribution in [3.63, 3.8) is 0 Å².